The number of aromatic nitrogens is 2. The number of halogens is 1. The summed E-state index contributed by atoms with van der Waals surface area (Å²) in [6.45, 7) is 0. The Bertz CT molecular complexity index is 1920. The summed E-state index contributed by atoms with van der Waals surface area (Å²) in [7, 11) is 0. The van der Waals surface area contributed by atoms with Gasteiger partial charge in [0, 0.05) is 37.5 Å². The SMILES string of the molecule is Brc1ccc(-c2cc(-c3cccc(-c4cccc5c4oc4ccccc45)c3)nc(-c3ccccc3)n2)cc1. The van der Waals surface area contributed by atoms with Gasteiger partial charge in [0.2, 0.25) is 0 Å². The molecule has 7 rings (SSSR count). The molecule has 0 saturated carbocycles. The van der Waals surface area contributed by atoms with Gasteiger partial charge in [-0.1, -0.05) is 113 Å². The van der Waals surface area contributed by atoms with Gasteiger partial charge < -0.3 is 4.42 Å². The summed E-state index contributed by atoms with van der Waals surface area (Å²) in [6, 6.07) is 43.4. The summed E-state index contributed by atoms with van der Waals surface area (Å²) in [6.07, 6.45) is 0. The lowest BCUT2D eigenvalue weighted by Crippen LogP contribution is -1.96. The molecule has 180 valence electrons. The first-order valence-electron chi connectivity index (χ1n) is 12.4. The van der Waals surface area contributed by atoms with Crippen molar-refractivity contribution in [3.05, 3.63) is 132 Å². The van der Waals surface area contributed by atoms with Gasteiger partial charge in [0.25, 0.3) is 0 Å². The van der Waals surface area contributed by atoms with E-state index in [0.717, 1.165) is 65.6 Å². The zero-order chi connectivity index (χ0) is 25.5. The smallest absolute Gasteiger partial charge is 0.160 e. The Morgan fingerprint density at radius 3 is 2.00 bits per heavy atom. The Balaban J connectivity index is 1.39. The third kappa shape index (κ3) is 4.09. The lowest BCUT2D eigenvalue weighted by Gasteiger charge is -2.11. The maximum Gasteiger partial charge on any atom is 0.160 e. The predicted octanol–water partition coefficient (Wildman–Crippen LogP) is 9.81. The molecule has 0 spiro atoms. The van der Waals surface area contributed by atoms with Gasteiger partial charge in [-0.05, 0) is 35.9 Å². The standard InChI is InChI=1S/C34H21BrN2O/c35-26-18-16-22(17-19-26)30-21-31(37-34(36-30)23-8-2-1-3-9-23)25-11-6-10-24(20-25)27-13-7-14-29-28-12-4-5-15-32(28)38-33(27)29/h1-21H. The molecule has 0 radical (unpaired) electrons. The molecule has 0 atom stereocenters. The molecule has 0 aliphatic heterocycles. The highest BCUT2D eigenvalue weighted by atomic mass is 79.9. The number of benzene rings is 5. The summed E-state index contributed by atoms with van der Waals surface area (Å²) >= 11 is 3.54. The van der Waals surface area contributed by atoms with E-state index >= 15 is 0 Å². The van der Waals surface area contributed by atoms with E-state index in [0.29, 0.717) is 5.82 Å². The first-order valence-corrected chi connectivity index (χ1v) is 13.2. The fraction of sp³-hybridized carbons (Fsp3) is 0. The molecule has 5 aromatic carbocycles. The average molecular weight is 553 g/mol. The zero-order valence-electron chi connectivity index (χ0n) is 20.3. The maximum absolute atomic E-state index is 6.32. The molecule has 0 bridgehead atoms. The fourth-order valence-electron chi connectivity index (χ4n) is 4.90. The van der Waals surface area contributed by atoms with Gasteiger partial charge in [0.05, 0.1) is 11.4 Å². The van der Waals surface area contributed by atoms with E-state index in [9.17, 15) is 0 Å². The van der Waals surface area contributed by atoms with Crippen LogP contribution < -0.4 is 0 Å². The van der Waals surface area contributed by atoms with Crippen LogP contribution in [0.4, 0.5) is 0 Å². The minimum Gasteiger partial charge on any atom is -0.455 e. The third-order valence-electron chi connectivity index (χ3n) is 6.77. The first-order chi connectivity index (χ1) is 18.7. The van der Waals surface area contributed by atoms with Gasteiger partial charge in [-0.3, -0.25) is 0 Å². The number of hydrogen-bond donors (Lipinski definition) is 0. The van der Waals surface area contributed by atoms with E-state index in [-0.39, 0.29) is 0 Å². The van der Waals surface area contributed by atoms with Crippen LogP contribution in [0.15, 0.2) is 136 Å². The Labute approximate surface area is 228 Å². The molecule has 0 aliphatic rings. The molecular weight excluding hydrogens is 532 g/mol. The fourth-order valence-corrected chi connectivity index (χ4v) is 5.16. The summed E-state index contributed by atoms with van der Waals surface area (Å²) in [4.78, 5) is 9.94. The van der Waals surface area contributed by atoms with Crippen LogP contribution in [0, 0.1) is 0 Å². The van der Waals surface area contributed by atoms with Crippen molar-refractivity contribution in [3.8, 4) is 45.0 Å². The Morgan fingerprint density at radius 2 is 1.16 bits per heavy atom. The number of para-hydroxylation sites is 2. The zero-order valence-corrected chi connectivity index (χ0v) is 21.9. The highest BCUT2D eigenvalue weighted by molar-refractivity contribution is 9.10. The minimum absolute atomic E-state index is 0.700. The monoisotopic (exact) mass is 552 g/mol. The van der Waals surface area contributed by atoms with Crippen molar-refractivity contribution in [3.63, 3.8) is 0 Å². The van der Waals surface area contributed by atoms with Crippen molar-refractivity contribution >= 4 is 37.9 Å². The van der Waals surface area contributed by atoms with Crippen molar-refractivity contribution in [1.82, 2.24) is 9.97 Å². The van der Waals surface area contributed by atoms with Crippen LogP contribution >= 0.6 is 15.9 Å². The van der Waals surface area contributed by atoms with Crippen molar-refractivity contribution in [2.24, 2.45) is 0 Å². The minimum atomic E-state index is 0.700. The molecule has 0 fully saturated rings. The molecule has 3 nitrogen and oxygen atoms in total. The highest BCUT2D eigenvalue weighted by Gasteiger charge is 2.14. The van der Waals surface area contributed by atoms with Crippen LogP contribution in [0.3, 0.4) is 0 Å². The van der Waals surface area contributed by atoms with Gasteiger partial charge in [-0.2, -0.15) is 0 Å². The number of rotatable bonds is 4. The lowest BCUT2D eigenvalue weighted by atomic mass is 9.99. The maximum atomic E-state index is 6.32. The van der Waals surface area contributed by atoms with Gasteiger partial charge in [-0.15, -0.1) is 0 Å². The van der Waals surface area contributed by atoms with Crippen molar-refractivity contribution in [2.75, 3.05) is 0 Å². The molecule has 0 unspecified atom stereocenters. The second kappa shape index (κ2) is 9.40. The van der Waals surface area contributed by atoms with E-state index in [1.54, 1.807) is 0 Å². The van der Waals surface area contributed by atoms with Crippen molar-refractivity contribution < 1.29 is 4.42 Å². The molecule has 2 heterocycles. The summed E-state index contributed by atoms with van der Waals surface area (Å²) in [5.74, 6) is 0.700. The second-order valence-electron chi connectivity index (χ2n) is 9.20. The van der Waals surface area contributed by atoms with Crippen LogP contribution in [0.2, 0.25) is 0 Å². The van der Waals surface area contributed by atoms with Crippen LogP contribution in [0.25, 0.3) is 67.0 Å². The van der Waals surface area contributed by atoms with Crippen molar-refractivity contribution in [1.29, 1.82) is 0 Å². The summed E-state index contributed by atoms with van der Waals surface area (Å²) in [5, 5.41) is 2.25. The van der Waals surface area contributed by atoms with E-state index in [2.05, 4.69) is 82.7 Å². The van der Waals surface area contributed by atoms with E-state index in [4.69, 9.17) is 14.4 Å². The summed E-state index contributed by atoms with van der Waals surface area (Å²) in [5.41, 5.74) is 8.73. The van der Waals surface area contributed by atoms with Crippen LogP contribution in [-0.2, 0) is 0 Å². The van der Waals surface area contributed by atoms with Crippen LogP contribution in [0.5, 0.6) is 0 Å². The molecule has 0 N–H and O–H groups in total. The first kappa shape index (κ1) is 22.6. The molecule has 38 heavy (non-hydrogen) atoms. The molecular formula is C34H21BrN2O. The van der Waals surface area contributed by atoms with Crippen molar-refractivity contribution in [2.45, 2.75) is 0 Å². The molecule has 0 saturated heterocycles. The topological polar surface area (TPSA) is 38.9 Å². The quantitative estimate of drug-likeness (QED) is 0.218. The molecule has 0 amide bonds. The van der Waals surface area contributed by atoms with Gasteiger partial charge in [0.15, 0.2) is 5.82 Å². The number of nitrogens with zero attached hydrogens (tertiary/aromatic N) is 2. The molecule has 7 aromatic rings. The van der Waals surface area contributed by atoms with E-state index < -0.39 is 0 Å². The van der Waals surface area contributed by atoms with E-state index in [1.807, 2.05) is 60.7 Å². The highest BCUT2D eigenvalue weighted by Crippen LogP contribution is 2.37. The van der Waals surface area contributed by atoms with Gasteiger partial charge in [0.1, 0.15) is 11.2 Å². The summed E-state index contributed by atoms with van der Waals surface area (Å²) < 4.78 is 7.35. The Kier molecular flexibility index (Phi) is 5.60. The average Bonchev–Trinajstić information content (AvgIpc) is 3.37. The van der Waals surface area contributed by atoms with Gasteiger partial charge >= 0.3 is 0 Å². The molecule has 4 heteroatoms. The largest absolute Gasteiger partial charge is 0.455 e. The lowest BCUT2D eigenvalue weighted by molar-refractivity contribution is 0.670. The molecule has 2 aromatic heterocycles. The Morgan fingerprint density at radius 1 is 0.500 bits per heavy atom. The third-order valence-corrected chi connectivity index (χ3v) is 7.30. The number of furan rings is 1. The van der Waals surface area contributed by atoms with Gasteiger partial charge in [-0.25, -0.2) is 9.97 Å². The predicted molar refractivity (Wildman–Crippen MR) is 159 cm³/mol. The van der Waals surface area contributed by atoms with Crippen LogP contribution in [-0.4, -0.2) is 9.97 Å². The normalized spacial score (nSPS) is 11.3. The van der Waals surface area contributed by atoms with E-state index in [1.165, 1.54) is 0 Å². The molecule has 0 aliphatic carbocycles. The van der Waals surface area contributed by atoms with Crippen LogP contribution in [0.1, 0.15) is 0 Å². The number of fused-ring (bicyclic) bond motifs is 3. The second-order valence-corrected chi connectivity index (χ2v) is 10.1. The Hall–Kier alpha value is -4.54. The number of hydrogen-bond acceptors (Lipinski definition) is 3.